The first-order valence-corrected chi connectivity index (χ1v) is 8.33. The second-order valence-corrected chi connectivity index (χ2v) is 6.38. The molecule has 1 aliphatic heterocycles. The summed E-state index contributed by atoms with van der Waals surface area (Å²) in [5.41, 5.74) is 2.97. The highest BCUT2D eigenvalue weighted by molar-refractivity contribution is 5.97. The van der Waals surface area contributed by atoms with Crippen molar-refractivity contribution in [1.29, 1.82) is 0 Å². The molecule has 0 aliphatic carbocycles. The second kappa shape index (κ2) is 7.38. The van der Waals surface area contributed by atoms with E-state index < -0.39 is 0 Å². The van der Waals surface area contributed by atoms with Gasteiger partial charge in [0.1, 0.15) is 5.75 Å². The third kappa shape index (κ3) is 4.18. The summed E-state index contributed by atoms with van der Waals surface area (Å²) in [6.45, 7) is 3.03. The summed E-state index contributed by atoms with van der Waals surface area (Å²) in [6.07, 6.45) is 0.258. The van der Waals surface area contributed by atoms with Gasteiger partial charge in [0.05, 0.1) is 13.0 Å². The molecule has 2 aromatic rings. The minimum atomic E-state index is -0.319. The molecular formula is C20H22N2O3. The lowest BCUT2D eigenvalue weighted by Crippen LogP contribution is -2.28. The van der Waals surface area contributed by atoms with Gasteiger partial charge in [-0.3, -0.25) is 9.59 Å². The highest BCUT2D eigenvalue weighted by Gasteiger charge is 2.34. The van der Waals surface area contributed by atoms with Gasteiger partial charge in [-0.15, -0.1) is 0 Å². The Balaban J connectivity index is 1.59. The number of ether oxygens (including phenoxy) is 1. The highest BCUT2D eigenvalue weighted by atomic mass is 16.5. The number of methoxy groups -OCH3 is 1. The molecule has 5 heteroatoms. The number of benzene rings is 2. The topological polar surface area (TPSA) is 58.6 Å². The van der Waals surface area contributed by atoms with Gasteiger partial charge in [0.25, 0.3) is 0 Å². The first-order chi connectivity index (χ1) is 12.0. The Morgan fingerprint density at radius 2 is 1.84 bits per heavy atom. The Labute approximate surface area is 147 Å². The number of carbonyl (C=O) groups is 2. The molecule has 5 nitrogen and oxygen atoms in total. The Kier molecular flexibility index (Phi) is 5.03. The fraction of sp³-hybridized carbons (Fsp3) is 0.300. The number of nitrogens with zero attached hydrogens (tertiary/aromatic N) is 1. The number of aryl methyl sites for hydroxylation is 1. The van der Waals surface area contributed by atoms with E-state index in [9.17, 15) is 9.59 Å². The van der Waals surface area contributed by atoms with Gasteiger partial charge in [-0.05, 0) is 36.8 Å². The molecule has 1 fully saturated rings. The molecule has 0 aromatic heterocycles. The quantitative estimate of drug-likeness (QED) is 0.912. The summed E-state index contributed by atoms with van der Waals surface area (Å²) < 4.78 is 5.10. The van der Waals surface area contributed by atoms with Crippen LogP contribution in [0.1, 0.15) is 17.5 Å². The van der Waals surface area contributed by atoms with Crippen LogP contribution in [-0.4, -0.2) is 30.4 Å². The maximum absolute atomic E-state index is 12.4. The van der Waals surface area contributed by atoms with Gasteiger partial charge >= 0.3 is 0 Å². The average molecular weight is 338 g/mol. The van der Waals surface area contributed by atoms with Crippen LogP contribution in [-0.2, 0) is 16.1 Å². The molecule has 1 aliphatic rings. The van der Waals surface area contributed by atoms with E-state index in [4.69, 9.17) is 4.74 Å². The maximum atomic E-state index is 12.4. The zero-order valence-corrected chi connectivity index (χ0v) is 14.5. The predicted octanol–water partition coefficient (Wildman–Crippen LogP) is 2.99. The average Bonchev–Trinajstić information content (AvgIpc) is 2.98. The van der Waals surface area contributed by atoms with Gasteiger partial charge in [0.15, 0.2) is 0 Å². The third-order valence-electron chi connectivity index (χ3n) is 4.44. The Morgan fingerprint density at radius 3 is 2.48 bits per heavy atom. The van der Waals surface area contributed by atoms with E-state index in [0.29, 0.717) is 18.8 Å². The molecular weight excluding hydrogens is 316 g/mol. The van der Waals surface area contributed by atoms with E-state index in [1.54, 1.807) is 36.3 Å². The van der Waals surface area contributed by atoms with E-state index in [0.717, 1.165) is 11.3 Å². The van der Waals surface area contributed by atoms with Gasteiger partial charge in [0, 0.05) is 25.2 Å². The molecule has 0 radical (unpaired) electrons. The molecule has 1 atom stereocenters. The smallest absolute Gasteiger partial charge is 0.229 e. The van der Waals surface area contributed by atoms with Gasteiger partial charge in [-0.1, -0.05) is 29.8 Å². The predicted molar refractivity (Wildman–Crippen MR) is 96.3 cm³/mol. The first kappa shape index (κ1) is 17.0. The Hall–Kier alpha value is -2.82. The minimum Gasteiger partial charge on any atom is -0.497 e. The van der Waals surface area contributed by atoms with Crippen molar-refractivity contribution in [2.24, 2.45) is 5.92 Å². The number of rotatable bonds is 5. The molecule has 0 spiro atoms. The fourth-order valence-corrected chi connectivity index (χ4v) is 2.93. The van der Waals surface area contributed by atoms with Crippen molar-refractivity contribution in [3.05, 3.63) is 59.7 Å². The first-order valence-electron chi connectivity index (χ1n) is 8.33. The van der Waals surface area contributed by atoms with Crippen molar-refractivity contribution in [1.82, 2.24) is 4.90 Å². The second-order valence-electron chi connectivity index (χ2n) is 6.38. The van der Waals surface area contributed by atoms with E-state index in [1.807, 2.05) is 31.2 Å². The molecule has 2 amide bonds. The van der Waals surface area contributed by atoms with Crippen molar-refractivity contribution in [3.8, 4) is 5.75 Å². The molecule has 1 heterocycles. The summed E-state index contributed by atoms with van der Waals surface area (Å²) in [5.74, 6) is 0.318. The summed E-state index contributed by atoms with van der Waals surface area (Å²) in [4.78, 5) is 26.4. The van der Waals surface area contributed by atoms with Gasteiger partial charge in [-0.2, -0.15) is 0 Å². The number of hydrogen-bond donors (Lipinski definition) is 1. The number of amides is 2. The Morgan fingerprint density at radius 1 is 1.16 bits per heavy atom. The van der Waals surface area contributed by atoms with Gasteiger partial charge in [-0.25, -0.2) is 0 Å². The van der Waals surface area contributed by atoms with Crippen LogP contribution in [0.4, 0.5) is 5.69 Å². The molecule has 3 rings (SSSR count). The highest BCUT2D eigenvalue weighted by Crippen LogP contribution is 2.23. The monoisotopic (exact) mass is 338 g/mol. The summed E-state index contributed by atoms with van der Waals surface area (Å²) >= 11 is 0. The summed E-state index contributed by atoms with van der Waals surface area (Å²) in [7, 11) is 1.60. The standard InChI is InChI=1S/C20H22N2O3/c1-14-3-5-15(6-4-14)12-22-13-16(11-19(22)23)20(24)21-17-7-9-18(25-2)10-8-17/h3-10,16H,11-13H2,1-2H3,(H,21,24). The lowest BCUT2D eigenvalue weighted by Gasteiger charge is -2.17. The lowest BCUT2D eigenvalue weighted by atomic mass is 10.1. The molecule has 0 saturated carbocycles. The number of nitrogens with one attached hydrogen (secondary N) is 1. The maximum Gasteiger partial charge on any atom is 0.229 e. The summed E-state index contributed by atoms with van der Waals surface area (Å²) in [6, 6.07) is 15.3. The normalized spacial score (nSPS) is 16.8. The molecule has 1 N–H and O–H groups in total. The van der Waals surface area contributed by atoms with E-state index in [2.05, 4.69) is 5.32 Å². The molecule has 1 unspecified atom stereocenters. The van der Waals surface area contributed by atoms with E-state index in [1.165, 1.54) is 5.56 Å². The zero-order valence-electron chi connectivity index (χ0n) is 14.5. The van der Waals surface area contributed by atoms with Crippen LogP contribution in [0.2, 0.25) is 0 Å². The van der Waals surface area contributed by atoms with Crippen LogP contribution in [0.5, 0.6) is 5.75 Å². The molecule has 1 saturated heterocycles. The SMILES string of the molecule is COc1ccc(NC(=O)C2CC(=O)N(Cc3ccc(C)cc3)C2)cc1. The molecule has 0 bridgehead atoms. The number of carbonyl (C=O) groups excluding carboxylic acids is 2. The van der Waals surface area contributed by atoms with Crippen LogP contribution in [0.25, 0.3) is 0 Å². The molecule has 2 aromatic carbocycles. The zero-order chi connectivity index (χ0) is 17.8. The van der Waals surface area contributed by atoms with Crippen molar-refractivity contribution in [2.75, 3.05) is 19.0 Å². The largest absolute Gasteiger partial charge is 0.497 e. The van der Waals surface area contributed by atoms with Crippen molar-refractivity contribution in [3.63, 3.8) is 0 Å². The van der Waals surface area contributed by atoms with Gasteiger partial charge < -0.3 is 15.0 Å². The number of hydrogen-bond acceptors (Lipinski definition) is 3. The van der Waals surface area contributed by atoms with Crippen LogP contribution in [0.3, 0.4) is 0 Å². The minimum absolute atomic E-state index is 0.0236. The van der Waals surface area contributed by atoms with Crippen LogP contribution < -0.4 is 10.1 Å². The van der Waals surface area contributed by atoms with Crippen LogP contribution >= 0.6 is 0 Å². The lowest BCUT2D eigenvalue weighted by molar-refractivity contribution is -0.128. The number of likely N-dealkylation sites (tertiary alicyclic amines) is 1. The molecule has 130 valence electrons. The van der Waals surface area contributed by atoms with Crippen molar-refractivity contribution in [2.45, 2.75) is 19.9 Å². The summed E-state index contributed by atoms with van der Waals surface area (Å²) in [5, 5.41) is 2.87. The van der Waals surface area contributed by atoms with E-state index >= 15 is 0 Å². The van der Waals surface area contributed by atoms with Crippen LogP contribution in [0.15, 0.2) is 48.5 Å². The van der Waals surface area contributed by atoms with Gasteiger partial charge in [0.2, 0.25) is 11.8 Å². The molecule has 25 heavy (non-hydrogen) atoms. The van der Waals surface area contributed by atoms with Crippen LogP contribution in [0, 0.1) is 12.8 Å². The third-order valence-corrected chi connectivity index (χ3v) is 4.44. The Bertz CT molecular complexity index is 754. The van der Waals surface area contributed by atoms with Crippen molar-refractivity contribution >= 4 is 17.5 Å². The van der Waals surface area contributed by atoms with E-state index in [-0.39, 0.29) is 24.2 Å². The fourth-order valence-electron chi connectivity index (χ4n) is 2.93. The number of anilines is 1. The van der Waals surface area contributed by atoms with Crippen molar-refractivity contribution < 1.29 is 14.3 Å².